The largest absolute Gasteiger partial charge is 0.433 e. The molecule has 0 bridgehead atoms. The van der Waals surface area contributed by atoms with Gasteiger partial charge in [-0.05, 0) is 24.3 Å². The van der Waals surface area contributed by atoms with E-state index in [1.807, 2.05) is 0 Å². The first kappa shape index (κ1) is 16.9. The van der Waals surface area contributed by atoms with E-state index in [4.69, 9.17) is 0 Å². The molecule has 2 heterocycles. The van der Waals surface area contributed by atoms with Crippen LogP contribution in [-0.2, 0) is 16.0 Å². The number of anilines is 1. The summed E-state index contributed by atoms with van der Waals surface area (Å²) in [4.78, 5) is 18.7. The molecule has 122 valence electrons. The molecule has 2 rings (SSSR count). The number of carbonyl (C=O) groups is 1. The van der Waals surface area contributed by atoms with Gasteiger partial charge in [-0.15, -0.1) is 0 Å². The smallest absolute Gasteiger partial charge is 0.321 e. The van der Waals surface area contributed by atoms with Crippen molar-refractivity contribution in [2.24, 2.45) is 0 Å². The van der Waals surface area contributed by atoms with E-state index in [0.29, 0.717) is 6.07 Å². The summed E-state index contributed by atoms with van der Waals surface area (Å²) in [7, 11) is -3.46. The van der Waals surface area contributed by atoms with Crippen molar-refractivity contribution >= 4 is 21.4 Å². The molecule has 2 aromatic rings. The van der Waals surface area contributed by atoms with Crippen molar-refractivity contribution in [2.45, 2.75) is 11.2 Å². The Hall–Kier alpha value is -2.49. The molecule has 0 aliphatic rings. The minimum atomic E-state index is -4.58. The van der Waals surface area contributed by atoms with Crippen molar-refractivity contribution in [3.63, 3.8) is 0 Å². The molecule has 23 heavy (non-hydrogen) atoms. The van der Waals surface area contributed by atoms with Crippen LogP contribution in [0.15, 0.2) is 41.7 Å². The predicted octanol–water partition coefficient (Wildman–Crippen LogP) is 2.15. The lowest BCUT2D eigenvalue weighted by atomic mass is 10.2. The van der Waals surface area contributed by atoms with E-state index in [0.717, 1.165) is 24.7 Å². The van der Waals surface area contributed by atoms with Gasteiger partial charge in [0.25, 0.3) is 5.91 Å². The van der Waals surface area contributed by atoms with Crippen LogP contribution < -0.4 is 5.32 Å². The lowest BCUT2D eigenvalue weighted by molar-refractivity contribution is -0.141. The summed E-state index contributed by atoms with van der Waals surface area (Å²) in [6, 6.07) is 4.21. The maximum Gasteiger partial charge on any atom is 0.433 e. The van der Waals surface area contributed by atoms with Crippen molar-refractivity contribution in [3.8, 4) is 0 Å². The zero-order valence-corrected chi connectivity index (χ0v) is 12.4. The molecule has 0 aliphatic heterocycles. The molecule has 0 unspecified atom stereocenters. The molecule has 0 saturated carbocycles. The molecule has 6 nitrogen and oxygen atoms in total. The molecule has 1 N–H and O–H groups in total. The van der Waals surface area contributed by atoms with Gasteiger partial charge in [-0.25, -0.2) is 13.4 Å². The summed E-state index contributed by atoms with van der Waals surface area (Å²) < 4.78 is 59.6. The number of pyridine rings is 2. The highest BCUT2D eigenvalue weighted by Crippen LogP contribution is 2.27. The van der Waals surface area contributed by atoms with Crippen LogP contribution in [0.5, 0.6) is 0 Å². The number of nitrogens with one attached hydrogen (secondary N) is 1. The van der Waals surface area contributed by atoms with Gasteiger partial charge in [0.2, 0.25) is 0 Å². The number of nitrogens with zero attached hydrogens (tertiary/aromatic N) is 2. The van der Waals surface area contributed by atoms with Crippen LogP contribution in [0, 0.1) is 0 Å². The molecule has 1 amide bonds. The van der Waals surface area contributed by atoms with Crippen molar-refractivity contribution in [1.29, 1.82) is 0 Å². The summed E-state index contributed by atoms with van der Waals surface area (Å²) in [5.74, 6) is -0.694. The van der Waals surface area contributed by atoms with Crippen LogP contribution in [0.4, 0.5) is 18.9 Å². The fourth-order valence-corrected chi connectivity index (χ4v) is 2.13. The van der Waals surface area contributed by atoms with Crippen molar-refractivity contribution in [1.82, 2.24) is 9.97 Å². The minimum Gasteiger partial charge on any atom is -0.321 e. The highest BCUT2D eigenvalue weighted by Gasteiger charge is 2.32. The maximum atomic E-state index is 12.4. The Morgan fingerprint density at radius 2 is 1.78 bits per heavy atom. The first-order chi connectivity index (χ1) is 10.6. The summed E-state index contributed by atoms with van der Waals surface area (Å²) in [6.45, 7) is 0. The topological polar surface area (TPSA) is 89.0 Å². The number of halogens is 3. The Labute approximate surface area is 129 Å². The molecule has 0 aliphatic carbocycles. The van der Waals surface area contributed by atoms with E-state index in [1.165, 1.54) is 12.1 Å². The maximum absolute atomic E-state index is 12.4. The van der Waals surface area contributed by atoms with Crippen LogP contribution in [0.3, 0.4) is 0 Å². The lowest BCUT2D eigenvalue weighted by Crippen LogP contribution is -2.14. The van der Waals surface area contributed by atoms with E-state index < -0.39 is 27.6 Å². The summed E-state index contributed by atoms with van der Waals surface area (Å²) in [5.41, 5.74) is -0.985. The second kappa shape index (κ2) is 5.95. The monoisotopic (exact) mass is 345 g/mol. The van der Waals surface area contributed by atoms with E-state index in [1.54, 1.807) is 0 Å². The molecule has 0 radical (unpaired) electrons. The highest BCUT2D eigenvalue weighted by molar-refractivity contribution is 7.90. The number of hydrogen-bond donors (Lipinski definition) is 1. The molecule has 0 saturated heterocycles. The third kappa shape index (κ3) is 4.25. The third-order valence-corrected chi connectivity index (χ3v) is 3.69. The average molecular weight is 345 g/mol. The molecule has 0 atom stereocenters. The molecule has 0 aromatic carbocycles. The van der Waals surface area contributed by atoms with Crippen molar-refractivity contribution in [2.75, 3.05) is 11.6 Å². The van der Waals surface area contributed by atoms with Gasteiger partial charge in [-0.2, -0.15) is 13.2 Å². The number of alkyl halides is 3. The second-order valence-electron chi connectivity index (χ2n) is 4.54. The number of rotatable bonds is 3. The normalized spacial score (nSPS) is 12.0. The van der Waals surface area contributed by atoms with Crippen molar-refractivity contribution < 1.29 is 26.4 Å². The summed E-state index contributed by atoms with van der Waals surface area (Å²) in [6.07, 6.45) is -1.66. The Morgan fingerprint density at radius 3 is 2.22 bits per heavy atom. The quantitative estimate of drug-likeness (QED) is 0.921. The Kier molecular flexibility index (Phi) is 4.37. The van der Waals surface area contributed by atoms with Gasteiger partial charge in [-0.3, -0.25) is 9.78 Å². The molecule has 2 aromatic heterocycles. The van der Waals surface area contributed by atoms with Gasteiger partial charge in [0.1, 0.15) is 5.69 Å². The van der Waals surface area contributed by atoms with Crippen LogP contribution in [0.1, 0.15) is 16.1 Å². The van der Waals surface area contributed by atoms with Crippen LogP contribution >= 0.6 is 0 Å². The first-order valence-corrected chi connectivity index (χ1v) is 7.97. The minimum absolute atomic E-state index is 0.0785. The van der Waals surface area contributed by atoms with Gasteiger partial charge in [0.05, 0.1) is 17.4 Å². The molecular formula is C13H10F3N3O3S. The van der Waals surface area contributed by atoms with Crippen LogP contribution in [0.25, 0.3) is 0 Å². The third-order valence-electron chi connectivity index (χ3n) is 2.69. The molecular weight excluding hydrogens is 335 g/mol. The van der Waals surface area contributed by atoms with Gasteiger partial charge in [0.15, 0.2) is 14.9 Å². The Bertz CT molecular complexity index is 816. The Morgan fingerprint density at radius 1 is 1.09 bits per heavy atom. The van der Waals surface area contributed by atoms with Crippen molar-refractivity contribution in [3.05, 3.63) is 47.9 Å². The van der Waals surface area contributed by atoms with Crippen LogP contribution in [0.2, 0.25) is 0 Å². The summed E-state index contributed by atoms with van der Waals surface area (Å²) >= 11 is 0. The fourth-order valence-electron chi connectivity index (χ4n) is 1.57. The number of hydrogen-bond acceptors (Lipinski definition) is 5. The second-order valence-corrected chi connectivity index (χ2v) is 6.50. The van der Waals surface area contributed by atoms with Gasteiger partial charge in [-0.1, -0.05) is 0 Å². The van der Waals surface area contributed by atoms with Gasteiger partial charge < -0.3 is 5.32 Å². The number of amides is 1. The lowest BCUT2D eigenvalue weighted by Gasteiger charge is -2.07. The number of aromatic nitrogens is 2. The standard InChI is InChI=1S/C13H10F3N3O3S/c1-23(21,22)11-5-3-9(7-18-11)19-12(20)8-2-4-10(17-6-8)13(14,15)16/h2-7H,1H3,(H,19,20). The zero-order chi connectivity index (χ0) is 17.3. The molecule has 0 spiro atoms. The first-order valence-electron chi connectivity index (χ1n) is 6.08. The SMILES string of the molecule is CS(=O)(=O)c1ccc(NC(=O)c2ccc(C(F)(F)F)nc2)cn1. The van der Waals surface area contributed by atoms with Gasteiger partial charge in [0, 0.05) is 12.5 Å². The Balaban J connectivity index is 2.13. The molecule has 0 fully saturated rings. The van der Waals surface area contributed by atoms with Gasteiger partial charge >= 0.3 is 6.18 Å². The predicted molar refractivity (Wildman–Crippen MR) is 74.5 cm³/mol. The number of carbonyl (C=O) groups excluding carboxylic acids is 1. The number of sulfone groups is 1. The molecule has 10 heteroatoms. The average Bonchev–Trinajstić information content (AvgIpc) is 2.46. The van der Waals surface area contributed by atoms with E-state index in [2.05, 4.69) is 15.3 Å². The highest BCUT2D eigenvalue weighted by atomic mass is 32.2. The van der Waals surface area contributed by atoms with E-state index >= 15 is 0 Å². The summed E-state index contributed by atoms with van der Waals surface area (Å²) in [5, 5.41) is 2.22. The van der Waals surface area contributed by atoms with Crippen LogP contribution in [-0.4, -0.2) is 30.5 Å². The van der Waals surface area contributed by atoms with E-state index in [-0.39, 0.29) is 16.3 Å². The van der Waals surface area contributed by atoms with E-state index in [9.17, 15) is 26.4 Å². The zero-order valence-electron chi connectivity index (χ0n) is 11.6. The fraction of sp³-hybridized carbons (Fsp3) is 0.154.